The van der Waals surface area contributed by atoms with Gasteiger partial charge in [0.1, 0.15) is 0 Å². The number of nitrogens with two attached hydrogens (primary N) is 1. The number of aliphatic carboxylic acids is 2. The van der Waals surface area contributed by atoms with Gasteiger partial charge in [-0.25, -0.2) is 14.9 Å². The van der Waals surface area contributed by atoms with Gasteiger partial charge in [0.2, 0.25) is 0 Å². The van der Waals surface area contributed by atoms with E-state index in [9.17, 15) is 9.59 Å². The Morgan fingerprint density at radius 3 is 1.90 bits per heavy atom. The number of quaternary nitrogens is 1. The van der Waals surface area contributed by atoms with Crippen LogP contribution in [-0.4, -0.2) is 29.5 Å². The number of carboxylic acids is 2. The molecule has 0 spiro atoms. The standard InChI is InChI=1S/C17H14N4O2.2C2H4O2/c1-12-14(20-19-13-8-4-2-5-9-13)16(22)18-17(23)15(12)21-10-6-3-7-11-21;2*1-2(3)4/h2-11H,1H3,(H-,18,19,22,23);2*1H3,(H,3,4). The van der Waals surface area contributed by atoms with Gasteiger partial charge >= 0.3 is 17.5 Å². The number of rotatable bonds is 3. The number of hydrazone groups is 1. The lowest BCUT2D eigenvalue weighted by Gasteiger charge is -2.11. The number of imide groups is 1. The molecule has 0 unspecified atom stereocenters. The minimum atomic E-state index is -1.08. The van der Waals surface area contributed by atoms with Gasteiger partial charge in [0.15, 0.2) is 18.1 Å². The lowest BCUT2D eigenvalue weighted by molar-refractivity contribution is -0.590. The van der Waals surface area contributed by atoms with Crippen molar-refractivity contribution >= 4 is 40.8 Å². The number of hydrogen-bond acceptors (Lipinski definition) is 8. The summed E-state index contributed by atoms with van der Waals surface area (Å²) in [6, 6.07) is 14.8. The number of pyridine rings is 1. The zero-order valence-corrected chi connectivity index (χ0v) is 17.2. The van der Waals surface area contributed by atoms with Crippen LogP contribution in [0.3, 0.4) is 0 Å². The van der Waals surface area contributed by atoms with Crippen LogP contribution < -0.4 is 25.5 Å². The van der Waals surface area contributed by atoms with Crippen LogP contribution in [0.2, 0.25) is 0 Å². The van der Waals surface area contributed by atoms with E-state index in [1.165, 1.54) is 0 Å². The molecule has 2 aromatic rings. The molecule has 162 valence electrons. The van der Waals surface area contributed by atoms with Crippen molar-refractivity contribution in [1.82, 2.24) is 0 Å². The number of para-hydroxylation sites is 1. The van der Waals surface area contributed by atoms with Gasteiger partial charge < -0.3 is 19.8 Å². The highest BCUT2D eigenvalue weighted by Gasteiger charge is 2.40. The number of amides is 2. The number of benzene rings is 1. The maximum atomic E-state index is 12.2. The Hall–Kier alpha value is -4.18. The van der Waals surface area contributed by atoms with Crippen LogP contribution in [0.4, 0.5) is 5.69 Å². The highest BCUT2D eigenvalue weighted by Crippen LogP contribution is 2.11. The van der Waals surface area contributed by atoms with Crippen molar-refractivity contribution < 1.29 is 39.3 Å². The molecule has 2 amide bonds. The van der Waals surface area contributed by atoms with E-state index in [4.69, 9.17) is 19.8 Å². The normalized spacial score (nSPS) is 14.1. The van der Waals surface area contributed by atoms with Crippen molar-refractivity contribution in [1.29, 1.82) is 0 Å². The minimum Gasteiger partial charge on any atom is -0.550 e. The molecule has 10 heteroatoms. The number of aromatic nitrogens is 1. The van der Waals surface area contributed by atoms with Crippen molar-refractivity contribution in [3.05, 3.63) is 66.5 Å². The monoisotopic (exact) mass is 426 g/mol. The van der Waals surface area contributed by atoms with Crippen molar-refractivity contribution in [2.45, 2.75) is 20.8 Å². The van der Waals surface area contributed by atoms with Gasteiger partial charge in [0.25, 0.3) is 0 Å². The number of anilines is 1. The molecule has 0 saturated carbocycles. The molecule has 2 heterocycles. The zero-order valence-electron chi connectivity index (χ0n) is 17.2. The quantitative estimate of drug-likeness (QED) is 0.320. The largest absolute Gasteiger partial charge is 0.550 e. The van der Waals surface area contributed by atoms with Crippen LogP contribution >= 0.6 is 0 Å². The summed E-state index contributed by atoms with van der Waals surface area (Å²) < 4.78 is 1.69. The smallest absolute Gasteiger partial charge is 0.415 e. The first kappa shape index (κ1) is 24.9. The van der Waals surface area contributed by atoms with Crippen LogP contribution in [0.15, 0.2) is 71.6 Å². The summed E-state index contributed by atoms with van der Waals surface area (Å²) in [6.07, 6.45) is 3.53. The molecule has 0 saturated heterocycles. The molecule has 0 fully saturated rings. The molecule has 10 nitrogen and oxygen atoms in total. The summed E-state index contributed by atoms with van der Waals surface area (Å²) in [7, 11) is 0. The Bertz CT molecular complexity index is 981. The SMILES string of the molecule is CC(=O)[O-].CC(=O)[O-].CC1=C([n+]2ccccc2)C(=O)[NH2+]C(=O)C1=NNc1ccccc1. The highest BCUT2D eigenvalue weighted by molar-refractivity contribution is 6.47. The van der Waals surface area contributed by atoms with Crippen LogP contribution in [-0.2, 0) is 19.2 Å². The first-order valence-corrected chi connectivity index (χ1v) is 8.98. The molecule has 0 aliphatic carbocycles. The fourth-order valence-electron chi connectivity index (χ4n) is 2.38. The van der Waals surface area contributed by atoms with Crippen molar-refractivity contribution in [3.63, 3.8) is 0 Å². The molecule has 0 atom stereocenters. The number of primary amides is 2. The Kier molecular flexibility index (Phi) is 9.94. The molecule has 1 aliphatic rings. The molecule has 0 bridgehead atoms. The second-order valence-electron chi connectivity index (χ2n) is 6.05. The first-order chi connectivity index (χ1) is 14.6. The fourth-order valence-corrected chi connectivity index (χ4v) is 2.38. The first-order valence-electron chi connectivity index (χ1n) is 8.98. The predicted molar refractivity (Wildman–Crippen MR) is 106 cm³/mol. The number of carbonyl (C=O) groups is 4. The van der Waals surface area contributed by atoms with Crippen LogP contribution in [0, 0.1) is 0 Å². The number of nitrogens with one attached hydrogen (secondary N) is 1. The summed E-state index contributed by atoms with van der Waals surface area (Å²) in [5.74, 6) is -2.88. The molecular formula is C21H22N4O6. The van der Waals surface area contributed by atoms with E-state index in [2.05, 4.69) is 10.5 Å². The van der Waals surface area contributed by atoms with Gasteiger partial charge in [-0.05, 0) is 32.9 Å². The van der Waals surface area contributed by atoms with E-state index in [0.29, 0.717) is 11.3 Å². The van der Waals surface area contributed by atoms with Crippen LogP contribution in [0.25, 0.3) is 5.70 Å². The third kappa shape index (κ3) is 8.79. The van der Waals surface area contributed by atoms with E-state index in [-0.39, 0.29) is 11.6 Å². The summed E-state index contributed by atoms with van der Waals surface area (Å²) in [6.45, 7) is 3.67. The number of carboxylic acid groups (broad SMARTS) is 2. The molecule has 1 aliphatic heterocycles. The lowest BCUT2D eigenvalue weighted by Crippen LogP contribution is -2.95. The zero-order chi connectivity index (χ0) is 23.4. The summed E-state index contributed by atoms with van der Waals surface area (Å²) in [5.41, 5.74) is 4.83. The van der Waals surface area contributed by atoms with Crippen molar-refractivity contribution in [3.8, 4) is 0 Å². The van der Waals surface area contributed by atoms with Crippen LogP contribution in [0.1, 0.15) is 20.8 Å². The molecule has 1 aromatic carbocycles. The average molecular weight is 426 g/mol. The Morgan fingerprint density at radius 1 is 0.903 bits per heavy atom. The van der Waals surface area contributed by atoms with E-state index in [1.54, 1.807) is 23.9 Å². The number of hydrogen-bond donors (Lipinski definition) is 2. The average Bonchev–Trinajstić information content (AvgIpc) is 2.68. The van der Waals surface area contributed by atoms with Gasteiger partial charge in [0.05, 0.1) is 11.3 Å². The second kappa shape index (κ2) is 12.4. The van der Waals surface area contributed by atoms with Gasteiger partial charge in [-0.1, -0.05) is 24.3 Å². The van der Waals surface area contributed by atoms with Gasteiger partial charge in [-0.2, -0.15) is 9.67 Å². The molecule has 0 radical (unpaired) electrons. The van der Waals surface area contributed by atoms with E-state index < -0.39 is 17.8 Å². The maximum absolute atomic E-state index is 12.2. The molecular weight excluding hydrogens is 404 g/mol. The van der Waals surface area contributed by atoms with E-state index in [0.717, 1.165) is 24.9 Å². The molecule has 3 N–H and O–H groups in total. The molecule has 3 rings (SSSR count). The number of nitrogens with zero attached hydrogens (tertiary/aromatic N) is 2. The summed E-state index contributed by atoms with van der Waals surface area (Å²) >= 11 is 0. The van der Waals surface area contributed by atoms with Crippen molar-refractivity contribution in [2.75, 3.05) is 5.43 Å². The number of carbonyl (C=O) groups excluding carboxylic acids is 4. The second-order valence-corrected chi connectivity index (χ2v) is 6.05. The Morgan fingerprint density at radius 2 is 1.39 bits per heavy atom. The maximum Gasteiger partial charge on any atom is 0.415 e. The third-order valence-electron chi connectivity index (χ3n) is 3.48. The van der Waals surface area contributed by atoms with Crippen molar-refractivity contribution in [2.24, 2.45) is 5.10 Å². The topological polar surface area (TPSA) is 159 Å². The van der Waals surface area contributed by atoms with Crippen LogP contribution in [0.5, 0.6) is 0 Å². The minimum absolute atomic E-state index is 0.236. The fraction of sp³-hybridized carbons (Fsp3) is 0.143. The van der Waals surface area contributed by atoms with Gasteiger partial charge in [0, 0.05) is 24.1 Å². The Labute approximate surface area is 178 Å². The highest BCUT2D eigenvalue weighted by atomic mass is 16.4. The summed E-state index contributed by atoms with van der Waals surface area (Å²) in [4.78, 5) is 42.1. The van der Waals surface area contributed by atoms with E-state index in [1.807, 2.05) is 48.5 Å². The van der Waals surface area contributed by atoms with E-state index >= 15 is 0 Å². The summed E-state index contributed by atoms with van der Waals surface area (Å²) in [5, 5.41) is 23.0. The molecule has 1 aromatic heterocycles. The molecule has 31 heavy (non-hydrogen) atoms. The third-order valence-corrected chi connectivity index (χ3v) is 3.48. The van der Waals surface area contributed by atoms with Gasteiger partial charge in [-0.15, -0.1) is 0 Å². The van der Waals surface area contributed by atoms with Gasteiger partial charge in [-0.3, -0.25) is 5.43 Å². The lowest BCUT2D eigenvalue weighted by atomic mass is 10.0. The predicted octanol–water partition coefficient (Wildman–Crippen LogP) is -2.18. The Balaban J connectivity index is 0.000000519.